The molecule has 0 aromatic heterocycles. The summed E-state index contributed by atoms with van der Waals surface area (Å²) in [5.41, 5.74) is 5.90. The summed E-state index contributed by atoms with van der Waals surface area (Å²) in [5, 5.41) is 5.60. The van der Waals surface area contributed by atoms with Gasteiger partial charge >= 0.3 is 0 Å². The smallest absolute Gasteiger partial charge is 0.221 e. The van der Waals surface area contributed by atoms with E-state index in [0.717, 1.165) is 32.1 Å². The first-order valence-corrected chi connectivity index (χ1v) is 7.40. The van der Waals surface area contributed by atoms with Gasteiger partial charge in [-0.1, -0.05) is 13.3 Å². The highest BCUT2D eigenvalue weighted by Gasteiger charge is 2.21. The summed E-state index contributed by atoms with van der Waals surface area (Å²) in [4.78, 5) is 23.1. The van der Waals surface area contributed by atoms with E-state index in [1.165, 1.54) is 0 Å². The van der Waals surface area contributed by atoms with Crippen molar-refractivity contribution in [1.29, 1.82) is 0 Å². The predicted molar refractivity (Wildman–Crippen MR) is 75.5 cm³/mol. The van der Waals surface area contributed by atoms with Crippen LogP contribution in [0.3, 0.4) is 0 Å². The van der Waals surface area contributed by atoms with E-state index < -0.39 is 0 Å². The first-order valence-electron chi connectivity index (χ1n) is 7.40. The second kappa shape index (κ2) is 8.91. The second-order valence-corrected chi connectivity index (χ2v) is 5.45. The lowest BCUT2D eigenvalue weighted by Crippen LogP contribution is -2.34. The average molecular weight is 269 g/mol. The fourth-order valence-electron chi connectivity index (χ4n) is 2.52. The molecule has 2 unspecified atom stereocenters. The molecule has 5 heteroatoms. The molecule has 1 aliphatic rings. The van der Waals surface area contributed by atoms with E-state index in [0.29, 0.717) is 31.8 Å². The van der Waals surface area contributed by atoms with E-state index in [9.17, 15) is 9.59 Å². The number of hydrogen-bond donors (Lipinski definition) is 3. The third-order valence-electron chi connectivity index (χ3n) is 3.54. The van der Waals surface area contributed by atoms with Crippen molar-refractivity contribution in [2.45, 2.75) is 57.9 Å². The van der Waals surface area contributed by atoms with E-state index >= 15 is 0 Å². The van der Waals surface area contributed by atoms with Crippen molar-refractivity contribution in [3.8, 4) is 0 Å². The Bertz CT molecular complexity index is 294. The van der Waals surface area contributed by atoms with E-state index in [1.807, 2.05) is 6.92 Å². The quantitative estimate of drug-likeness (QED) is 0.643. The average Bonchev–Trinajstić information content (AvgIpc) is 2.36. The summed E-state index contributed by atoms with van der Waals surface area (Å²) < 4.78 is 0. The zero-order valence-corrected chi connectivity index (χ0v) is 11.9. The maximum atomic E-state index is 11.7. The van der Waals surface area contributed by atoms with E-state index in [-0.39, 0.29) is 17.9 Å². The molecule has 0 aromatic rings. The van der Waals surface area contributed by atoms with E-state index in [1.54, 1.807) is 0 Å². The highest BCUT2D eigenvalue weighted by Crippen LogP contribution is 2.25. The van der Waals surface area contributed by atoms with Gasteiger partial charge in [0.25, 0.3) is 0 Å². The Morgan fingerprint density at radius 2 is 1.89 bits per heavy atom. The minimum Gasteiger partial charge on any atom is -0.356 e. The van der Waals surface area contributed by atoms with Gasteiger partial charge in [0.15, 0.2) is 0 Å². The Morgan fingerprint density at radius 1 is 1.16 bits per heavy atom. The first kappa shape index (κ1) is 16.0. The molecule has 0 spiro atoms. The number of carbonyl (C=O) groups excluding carboxylic acids is 2. The lowest BCUT2D eigenvalue weighted by atomic mass is 9.84. The Balaban J connectivity index is 2.09. The van der Waals surface area contributed by atoms with Crippen LogP contribution >= 0.6 is 0 Å². The van der Waals surface area contributed by atoms with Crippen molar-refractivity contribution in [2.24, 2.45) is 11.7 Å². The first-order chi connectivity index (χ1) is 9.11. The highest BCUT2D eigenvalue weighted by atomic mass is 16.2. The molecule has 0 aliphatic heterocycles. The molecule has 1 fully saturated rings. The van der Waals surface area contributed by atoms with Crippen molar-refractivity contribution < 1.29 is 9.59 Å². The Hall–Kier alpha value is -1.10. The summed E-state index contributed by atoms with van der Waals surface area (Å²) in [6.07, 6.45) is 6.08. The Morgan fingerprint density at radius 3 is 2.58 bits per heavy atom. The van der Waals surface area contributed by atoms with Crippen LogP contribution < -0.4 is 16.4 Å². The van der Waals surface area contributed by atoms with Gasteiger partial charge in [0, 0.05) is 32.0 Å². The summed E-state index contributed by atoms with van der Waals surface area (Å²) >= 11 is 0. The van der Waals surface area contributed by atoms with Crippen LogP contribution in [0.25, 0.3) is 0 Å². The van der Waals surface area contributed by atoms with Gasteiger partial charge in [0.1, 0.15) is 0 Å². The highest BCUT2D eigenvalue weighted by molar-refractivity contribution is 5.79. The van der Waals surface area contributed by atoms with Crippen molar-refractivity contribution >= 4 is 11.8 Å². The van der Waals surface area contributed by atoms with Crippen LogP contribution in [0.1, 0.15) is 51.9 Å². The summed E-state index contributed by atoms with van der Waals surface area (Å²) in [7, 11) is 0. The second-order valence-electron chi connectivity index (χ2n) is 5.45. The van der Waals surface area contributed by atoms with Crippen LogP contribution in [-0.2, 0) is 9.59 Å². The minimum atomic E-state index is 0.00170. The minimum absolute atomic E-state index is 0.00170. The fraction of sp³-hybridized carbons (Fsp3) is 0.857. The zero-order valence-electron chi connectivity index (χ0n) is 11.9. The largest absolute Gasteiger partial charge is 0.356 e. The number of carbonyl (C=O) groups is 2. The third kappa shape index (κ3) is 7.15. The third-order valence-corrected chi connectivity index (χ3v) is 3.54. The van der Waals surface area contributed by atoms with Crippen molar-refractivity contribution in [1.82, 2.24) is 10.6 Å². The number of nitrogens with one attached hydrogen (secondary N) is 2. The van der Waals surface area contributed by atoms with Gasteiger partial charge in [-0.05, 0) is 31.6 Å². The molecule has 19 heavy (non-hydrogen) atoms. The van der Waals surface area contributed by atoms with Gasteiger partial charge in [-0.3, -0.25) is 9.59 Å². The number of hydrogen-bond acceptors (Lipinski definition) is 3. The molecule has 2 amide bonds. The van der Waals surface area contributed by atoms with Crippen molar-refractivity contribution in [3.63, 3.8) is 0 Å². The number of rotatable bonds is 7. The van der Waals surface area contributed by atoms with Gasteiger partial charge in [0.05, 0.1) is 0 Å². The zero-order chi connectivity index (χ0) is 14.1. The van der Waals surface area contributed by atoms with Crippen molar-refractivity contribution in [3.05, 3.63) is 0 Å². The Labute approximate surface area is 115 Å². The molecule has 0 aromatic carbocycles. The van der Waals surface area contributed by atoms with Gasteiger partial charge in [-0.15, -0.1) is 0 Å². The summed E-state index contributed by atoms with van der Waals surface area (Å²) in [6.45, 7) is 3.14. The van der Waals surface area contributed by atoms with Gasteiger partial charge < -0.3 is 16.4 Å². The standard InChI is InChI=1S/C14H27N3O2/c1-2-7-16-13(18)6-8-17-14(19)10-11-4-3-5-12(15)9-11/h11-12H,2-10,15H2,1H3,(H,16,18)(H,17,19). The van der Waals surface area contributed by atoms with Crippen LogP contribution in [-0.4, -0.2) is 30.9 Å². The molecule has 4 N–H and O–H groups in total. The normalized spacial score (nSPS) is 22.8. The predicted octanol–water partition coefficient (Wildman–Crippen LogP) is 0.927. The molecule has 1 aliphatic carbocycles. The van der Waals surface area contributed by atoms with Crippen LogP contribution in [0.4, 0.5) is 0 Å². The molecule has 1 saturated carbocycles. The lowest BCUT2D eigenvalue weighted by molar-refractivity contribution is -0.123. The molecule has 5 nitrogen and oxygen atoms in total. The maximum Gasteiger partial charge on any atom is 0.221 e. The van der Waals surface area contributed by atoms with E-state index in [4.69, 9.17) is 5.73 Å². The van der Waals surface area contributed by atoms with E-state index in [2.05, 4.69) is 10.6 Å². The van der Waals surface area contributed by atoms with Crippen LogP contribution in [0.2, 0.25) is 0 Å². The van der Waals surface area contributed by atoms with Gasteiger partial charge in [-0.2, -0.15) is 0 Å². The maximum absolute atomic E-state index is 11.7. The summed E-state index contributed by atoms with van der Waals surface area (Å²) in [5.74, 6) is 0.460. The van der Waals surface area contributed by atoms with Crippen LogP contribution in [0.15, 0.2) is 0 Å². The van der Waals surface area contributed by atoms with Gasteiger partial charge in [-0.25, -0.2) is 0 Å². The molecule has 0 heterocycles. The number of nitrogens with two attached hydrogens (primary N) is 1. The molecule has 0 radical (unpaired) electrons. The molecule has 0 saturated heterocycles. The molecule has 1 rings (SSSR count). The number of amides is 2. The molecular formula is C14H27N3O2. The monoisotopic (exact) mass is 269 g/mol. The molecular weight excluding hydrogens is 242 g/mol. The SMILES string of the molecule is CCCNC(=O)CCNC(=O)CC1CCCC(N)C1. The van der Waals surface area contributed by atoms with Crippen LogP contribution in [0, 0.1) is 5.92 Å². The van der Waals surface area contributed by atoms with Crippen molar-refractivity contribution in [2.75, 3.05) is 13.1 Å². The molecule has 2 atom stereocenters. The Kier molecular flexibility index (Phi) is 7.48. The molecule has 0 bridgehead atoms. The lowest BCUT2D eigenvalue weighted by Gasteiger charge is -2.25. The molecule has 110 valence electrons. The summed E-state index contributed by atoms with van der Waals surface area (Å²) in [6, 6.07) is 0.256. The fourth-order valence-corrected chi connectivity index (χ4v) is 2.52. The van der Waals surface area contributed by atoms with Gasteiger partial charge in [0.2, 0.25) is 11.8 Å². The van der Waals surface area contributed by atoms with Crippen LogP contribution in [0.5, 0.6) is 0 Å². The topological polar surface area (TPSA) is 84.2 Å².